The zero-order valence-electron chi connectivity index (χ0n) is 34.8. The Morgan fingerprint density at radius 2 is 0.607 bits per heavy atom. The van der Waals surface area contributed by atoms with Crippen LogP contribution in [0.5, 0.6) is 5.75 Å². The van der Waals surface area contributed by atoms with Crippen molar-refractivity contribution in [2.24, 2.45) is 0 Å². The minimum absolute atomic E-state index is 0.0283. The lowest BCUT2D eigenvalue weighted by Crippen LogP contribution is -2.15. The van der Waals surface area contributed by atoms with Crippen molar-refractivity contribution in [2.75, 3.05) is 139 Å². The number of rotatable bonds is 47. The van der Waals surface area contributed by atoms with Gasteiger partial charge in [0.25, 0.3) is 5.69 Å². The molecule has 0 bridgehead atoms. The molecule has 0 saturated heterocycles. The van der Waals surface area contributed by atoms with Gasteiger partial charge >= 0.3 is 0 Å². The average Bonchev–Trinajstić information content (AvgIpc) is 3.21. The van der Waals surface area contributed by atoms with Crippen molar-refractivity contribution in [3.63, 3.8) is 0 Å². The van der Waals surface area contributed by atoms with E-state index in [2.05, 4.69) is 6.92 Å². The van der Waals surface area contributed by atoms with E-state index in [1.165, 1.54) is 95.6 Å². The molecule has 0 aliphatic heterocycles. The SMILES string of the molecule is CCCCCCCCCCCCCCCCOCCOCCOCCOCCOCCOCCOCCOCCOCCOCCOc1ccc([N+](=O)[O-])cc1. The second-order valence-corrected chi connectivity index (χ2v) is 13.3. The molecule has 0 amide bonds. The first-order valence-electron chi connectivity index (χ1n) is 21.4. The van der Waals surface area contributed by atoms with Gasteiger partial charge in [0.15, 0.2) is 0 Å². The van der Waals surface area contributed by atoms with Crippen molar-refractivity contribution in [3.05, 3.63) is 34.4 Å². The van der Waals surface area contributed by atoms with Crippen LogP contribution in [0.25, 0.3) is 0 Å². The highest BCUT2D eigenvalue weighted by Crippen LogP contribution is 2.17. The second kappa shape index (κ2) is 44.1. The van der Waals surface area contributed by atoms with Crippen molar-refractivity contribution in [3.8, 4) is 5.75 Å². The summed E-state index contributed by atoms with van der Waals surface area (Å²) in [4.78, 5) is 10.2. The van der Waals surface area contributed by atoms with Crippen LogP contribution in [0.4, 0.5) is 5.69 Å². The van der Waals surface area contributed by atoms with E-state index in [4.69, 9.17) is 52.1 Å². The molecule has 0 aliphatic rings. The number of unbranched alkanes of at least 4 members (excludes halogenated alkanes) is 13. The molecule has 0 N–H and O–H groups in total. The number of nitro groups is 1. The summed E-state index contributed by atoms with van der Waals surface area (Å²) >= 11 is 0. The van der Waals surface area contributed by atoms with Gasteiger partial charge in [-0.2, -0.15) is 0 Å². The minimum Gasteiger partial charge on any atom is -0.491 e. The van der Waals surface area contributed by atoms with E-state index in [1.54, 1.807) is 12.1 Å². The van der Waals surface area contributed by atoms with E-state index < -0.39 is 4.92 Å². The fourth-order valence-electron chi connectivity index (χ4n) is 5.36. The lowest BCUT2D eigenvalue weighted by molar-refractivity contribution is -0.384. The lowest BCUT2D eigenvalue weighted by atomic mass is 10.0. The van der Waals surface area contributed by atoms with Crippen molar-refractivity contribution >= 4 is 5.69 Å². The van der Waals surface area contributed by atoms with E-state index in [-0.39, 0.29) is 5.69 Å². The summed E-state index contributed by atoms with van der Waals surface area (Å²) in [5, 5.41) is 10.7. The van der Waals surface area contributed by atoms with Crippen LogP contribution < -0.4 is 4.74 Å². The third-order valence-corrected chi connectivity index (χ3v) is 8.53. The maximum Gasteiger partial charge on any atom is 0.269 e. The molecule has 0 radical (unpaired) electrons. The van der Waals surface area contributed by atoms with Gasteiger partial charge in [0.1, 0.15) is 12.4 Å². The summed E-state index contributed by atoms with van der Waals surface area (Å²) < 4.78 is 60.7. The Kier molecular flexibility index (Phi) is 41.0. The van der Waals surface area contributed by atoms with E-state index in [0.717, 1.165) is 13.0 Å². The summed E-state index contributed by atoms with van der Waals surface area (Å²) in [6.45, 7) is 13.1. The van der Waals surface area contributed by atoms with Crippen LogP contribution in [0, 0.1) is 10.1 Å². The molecule has 328 valence electrons. The molecule has 14 heteroatoms. The molecule has 1 aromatic carbocycles. The monoisotopic (exact) mass is 804 g/mol. The maximum atomic E-state index is 10.7. The van der Waals surface area contributed by atoms with E-state index >= 15 is 0 Å². The first-order valence-corrected chi connectivity index (χ1v) is 21.4. The van der Waals surface area contributed by atoms with Crippen LogP contribution in [0.15, 0.2) is 24.3 Å². The molecule has 0 atom stereocenters. The van der Waals surface area contributed by atoms with E-state index in [0.29, 0.717) is 138 Å². The molecule has 0 unspecified atom stereocenters. The molecular formula is C42H77NO13. The van der Waals surface area contributed by atoms with Crippen LogP contribution in [-0.2, 0) is 47.4 Å². The molecule has 0 heterocycles. The molecule has 14 nitrogen and oxygen atoms in total. The van der Waals surface area contributed by atoms with Crippen LogP contribution >= 0.6 is 0 Å². The summed E-state index contributed by atoms with van der Waals surface area (Å²) in [5.74, 6) is 0.559. The number of hydrogen-bond donors (Lipinski definition) is 0. The number of nitrogens with zero attached hydrogens (tertiary/aromatic N) is 1. The number of ether oxygens (including phenoxy) is 11. The summed E-state index contributed by atoms with van der Waals surface area (Å²) in [6.07, 6.45) is 19.2. The Morgan fingerprint density at radius 1 is 0.357 bits per heavy atom. The first-order chi connectivity index (χ1) is 27.7. The summed E-state index contributed by atoms with van der Waals surface area (Å²) in [7, 11) is 0. The Hall–Kier alpha value is -1.98. The number of non-ortho nitro benzene ring substituents is 1. The Morgan fingerprint density at radius 3 is 0.893 bits per heavy atom. The number of benzene rings is 1. The highest BCUT2D eigenvalue weighted by Gasteiger charge is 2.04. The molecule has 0 aliphatic carbocycles. The van der Waals surface area contributed by atoms with Crippen LogP contribution in [0.2, 0.25) is 0 Å². The largest absolute Gasteiger partial charge is 0.491 e. The van der Waals surface area contributed by atoms with Gasteiger partial charge in [-0.3, -0.25) is 10.1 Å². The Balaban J connectivity index is 1.62. The van der Waals surface area contributed by atoms with Gasteiger partial charge in [-0.25, -0.2) is 0 Å². The highest BCUT2D eigenvalue weighted by atomic mass is 16.6. The van der Waals surface area contributed by atoms with E-state index in [9.17, 15) is 10.1 Å². The molecule has 0 spiro atoms. The lowest BCUT2D eigenvalue weighted by Gasteiger charge is -2.09. The molecular weight excluding hydrogens is 726 g/mol. The van der Waals surface area contributed by atoms with Gasteiger partial charge < -0.3 is 52.1 Å². The Labute approximate surface area is 337 Å². The Bertz CT molecular complexity index is 928. The third kappa shape index (κ3) is 38.9. The molecule has 56 heavy (non-hydrogen) atoms. The zero-order chi connectivity index (χ0) is 40.1. The van der Waals surface area contributed by atoms with Gasteiger partial charge in [0.2, 0.25) is 0 Å². The van der Waals surface area contributed by atoms with Gasteiger partial charge in [0.05, 0.1) is 130 Å². The maximum absolute atomic E-state index is 10.7. The van der Waals surface area contributed by atoms with Gasteiger partial charge in [0, 0.05) is 18.7 Å². The minimum atomic E-state index is -0.448. The quantitative estimate of drug-likeness (QED) is 0.0362. The highest BCUT2D eigenvalue weighted by molar-refractivity contribution is 5.35. The van der Waals surface area contributed by atoms with Crippen LogP contribution in [-0.4, -0.2) is 144 Å². The zero-order valence-corrected chi connectivity index (χ0v) is 34.8. The molecule has 0 fully saturated rings. The standard InChI is InChI=1S/C42H77NO13/c1-2-3-4-5-6-7-8-9-10-11-12-13-14-15-20-46-21-22-47-23-24-48-25-26-49-27-28-50-29-30-51-31-32-52-33-34-53-35-36-54-37-38-55-39-40-56-42-18-16-41(17-19-42)43(44)45/h16-19H,2-15,20-40H2,1H3. The molecule has 1 aromatic rings. The normalized spacial score (nSPS) is 11.4. The topological polar surface area (TPSA) is 145 Å². The fraction of sp³-hybridized carbons (Fsp3) is 0.857. The van der Waals surface area contributed by atoms with Crippen LogP contribution in [0.3, 0.4) is 0 Å². The van der Waals surface area contributed by atoms with Crippen molar-refractivity contribution < 1.29 is 57.0 Å². The third-order valence-electron chi connectivity index (χ3n) is 8.53. The molecule has 1 rings (SSSR count). The van der Waals surface area contributed by atoms with Crippen molar-refractivity contribution in [1.82, 2.24) is 0 Å². The predicted octanol–water partition coefficient (Wildman–Crippen LogP) is 7.62. The van der Waals surface area contributed by atoms with E-state index in [1.807, 2.05) is 0 Å². The molecule has 0 aromatic heterocycles. The second-order valence-electron chi connectivity index (χ2n) is 13.3. The summed E-state index contributed by atoms with van der Waals surface area (Å²) in [5.41, 5.74) is 0.0283. The first kappa shape index (κ1) is 52.0. The van der Waals surface area contributed by atoms with Crippen molar-refractivity contribution in [2.45, 2.75) is 96.8 Å². The fourth-order valence-corrected chi connectivity index (χ4v) is 5.36. The number of hydrogen-bond acceptors (Lipinski definition) is 13. The van der Waals surface area contributed by atoms with Crippen LogP contribution in [0.1, 0.15) is 96.8 Å². The van der Waals surface area contributed by atoms with Gasteiger partial charge in [-0.15, -0.1) is 0 Å². The predicted molar refractivity (Wildman–Crippen MR) is 217 cm³/mol. The average molecular weight is 804 g/mol. The molecule has 0 saturated carbocycles. The van der Waals surface area contributed by atoms with Gasteiger partial charge in [-0.1, -0.05) is 90.4 Å². The number of nitro benzene ring substituents is 1. The smallest absolute Gasteiger partial charge is 0.269 e. The van der Waals surface area contributed by atoms with Gasteiger partial charge in [-0.05, 0) is 18.6 Å². The van der Waals surface area contributed by atoms with Crippen molar-refractivity contribution in [1.29, 1.82) is 0 Å². The summed E-state index contributed by atoms with van der Waals surface area (Å²) in [6, 6.07) is 5.93.